The Morgan fingerprint density at radius 2 is 1.18 bits per heavy atom. The molecule has 0 aliphatic heterocycles. The average molecular weight is 530 g/mol. The van der Waals surface area contributed by atoms with Crippen LogP contribution in [0.3, 0.4) is 0 Å². The van der Waals surface area contributed by atoms with E-state index in [9.17, 15) is 0 Å². The van der Waals surface area contributed by atoms with Crippen LogP contribution in [0, 0.1) is 0 Å². The third-order valence-electron chi connectivity index (χ3n) is 8.37. The standard InChI is InChI=1S/C37H57N2/c1-4-6-8-10-12-13-15-23-29-39-36(30-33(3)35-26-20-17-21-27-35)32-38(28-22-14-11-9-7-5-2)37(39)31-34-24-18-16-19-25-34/h16-21,24-27,32-33H,4-15,22-23,28-31H2,1-3H3/q+1. The first kappa shape index (κ1) is 31.2. The molecule has 0 saturated carbocycles. The molecule has 39 heavy (non-hydrogen) atoms. The van der Waals surface area contributed by atoms with Crippen LogP contribution in [0.2, 0.25) is 0 Å². The number of aromatic nitrogens is 2. The lowest BCUT2D eigenvalue weighted by atomic mass is 9.96. The van der Waals surface area contributed by atoms with E-state index in [0.717, 1.165) is 25.9 Å². The minimum Gasteiger partial charge on any atom is -0.234 e. The highest BCUT2D eigenvalue weighted by Crippen LogP contribution is 2.22. The van der Waals surface area contributed by atoms with Crippen LogP contribution in [-0.4, -0.2) is 4.57 Å². The molecule has 0 fully saturated rings. The Morgan fingerprint density at radius 1 is 0.641 bits per heavy atom. The van der Waals surface area contributed by atoms with Crippen LogP contribution >= 0.6 is 0 Å². The van der Waals surface area contributed by atoms with Crippen molar-refractivity contribution in [2.24, 2.45) is 0 Å². The van der Waals surface area contributed by atoms with Crippen molar-refractivity contribution in [1.29, 1.82) is 0 Å². The normalized spacial score (nSPS) is 12.2. The lowest BCUT2D eigenvalue weighted by Crippen LogP contribution is -2.37. The minimum absolute atomic E-state index is 0.519. The van der Waals surface area contributed by atoms with Gasteiger partial charge in [-0.25, -0.2) is 9.13 Å². The molecule has 0 amide bonds. The smallest absolute Gasteiger partial charge is 0.234 e. The Bertz CT molecular complexity index is 1000. The zero-order valence-corrected chi connectivity index (χ0v) is 25.6. The van der Waals surface area contributed by atoms with Gasteiger partial charge in [-0.05, 0) is 42.7 Å². The van der Waals surface area contributed by atoms with Gasteiger partial charge in [-0.15, -0.1) is 0 Å². The van der Waals surface area contributed by atoms with E-state index in [-0.39, 0.29) is 0 Å². The summed E-state index contributed by atoms with van der Waals surface area (Å²) in [5.74, 6) is 2.03. The van der Waals surface area contributed by atoms with Crippen LogP contribution in [-0.2, 0) is 25.9 Å². The van der Waals surface area contributed by atoms with Gasteiger partial charge in [-0.1, -0.05) is 146 Å². The third-order valence-corrected chi connectivity index (χ3v) is 8.37. The maximum absolute atomic E-state index is 2.72. The fourth-order valence-corrected chi connectivity index (χ4v) is 5.93. The molecule has 0 aliphatic rings. The van der Waals surface area contributed by atoms with Gasteiger partial charge in [0.15, 0.2) is 0 Å². The van der Waals surface area contributed by atoms with Gasteiger partial charge in [0.05, 0.1) is 19.5 Å². The van der Waals surface area contributed by atoms with E-state index in [4.69, 9.17) is 0 Å². The van der Waals surface area contributed by atoms with Crippen LogP contribution < -0.4 is 4.57 Å². The summed E-state index contributed by atoms with van der Waals surface area (Å²) in [5.41, 5.74) is 4.39. The Kier molecular flexibility index (Phi) is 15.1. The van der Waals surface area contributed by atoms with Crippen molar-refractivity contribution in [1.82, 2.24) is 4.57 Å². The molecular weight excluding hydrogens is 472 g/mol. The van der Waals surface area contributed by atoms with Crippen LogP contribution in [0.1, 0.15) is 139 Å². The Balaban J connectivity index is 1.77. The van der Waals surface area contributed by atoms with Crippen molar-refractivity contribution in [2.75, 3.05) is 0 Å². The molecule has 0 aliphatic carbocycles. The monoisotopic (exact) mass is 529 g/mol. The predicted molar refractivity (Wildman–Crippen MR) is 168 cm³/mol. The summed E-state index contributed by atoms with van der Waals surface area (Å²) < 4.78 is 5.35. The van der Waals surface area contributed by atoms with Gasteiger partial charge in [0.25, 0.3) is 5.82 Å². The van der Waals surface area contributed by atoms with E-state index in [2.05, 4.69) is 96.8 Å². The fourth-order valence-electron chi connectivity index (χ4n) is 5.93. The summed E-state index contributed by atoms with van der Waals surface area (Å²) in [6, 6.07) is 22.2. The third kappa shape index (κ3) is 11.3. The summed E-state index contributed by atoms with van der Waals surface area (Å²) in [4.78, 5) is 0. The number of nitrogens with zero attached hydrogens (tertiary/aromatic N) is 2. The van der Waals surface area contributed by atoms with E-state index < -0.39 is 0 Å². The van der Waals surface area contributed by atoms with Crippen molar-refractivity contribution in [3.63, 3.8) is 0 Å². The van der Waals surface area contributed by atoms with Gasteiger partial charge in [0.1, 0.15) is 11.9 Å². The Morgan fingerprint density at radius 3 is 1.79 bits per heavy atom. The summed E-state index contributed by atoms with van der Waals surface area (Å²) in [6.45, 7) is 9.30. The second-order valence-corrected chi connectivity index (χ2v) is 11.8. The van der Waals surface area contributed by atoms with Gasteiger partial charge in [-0.3, -0.25) is 0 Å². The van der Waals surface area contributed by atoms with Crippen LogP contribution in [0.25, 0.3) is 0 Å². The molecule has 214 valence electrons. The molecule has 0 N–H and O–H groups in total. The molecule has 0 saturated heterocycles. The maximum atomic E-state index is 2.72. The molecule has 1 heterocycles. The number of aryl methyl sites for hydroxylation is 1. The number of benzene rings is 2. The highest BCUT2D eigenvalue weighted by molar-refractivity contribution is 5.22. The molecule has 2 aromatic carbocycles. The van der Waals surface area contributed by atoms with Gasteiger partial charge < -0.3 is 0 Å². The molecule has 3 rings (SSSR count). The van der Waals surface area contributed by atoms with Crippen molar-refractivity contribution in [2.45, 2.75) is 143 Å². The SMILES string of the molecule is CCCCCCCCCCn1c(CC(C)c2ccccc2)c[n+](CCCCCCCC)c1Cc1ccccc1. The molecule has 1 atom stereocenters. The molecule has 1 aromatic heterocycles. The van der Waals surface area contributed by atoms with Gasteiger partial charge in [0.2, 0.25) is 0 Å². The lowest BCUT2D eigenvalue weighted by molar-refractivity contribution is -0.704. The number of hydrogen-bond donors (Lipinski definition) is 0. The van der Waals surface area contributed by atoms with Gasteiger partial charge in [0, 0.05) is 6.42 Å². The van der Waals surface area contributed by atoms with E-state index in [1.807, 2.05) is 0 Å². The van der Waals surface area contributed by atoms with Crippen molar-refractivity contribution < 1.29 is 4.57 Å². The zero-order valence-electron chi connectivity index (χ0n) is 25.6. The van der Waals surface area contributed by atoms with Crippen molar-refractivity contribution >= 4 is 0 Å². The minimum atomic E-state index is 0.519. The number of imidazole rings is 1. The second kappa shape index (κ2) is 18.9. The average Bonchev–Trinajstić information content (AvgIpc) is 3.28. The van der Waals surface area contributed by atoms with E-state index in [1.165, 1.54) is 113 Å². The molecule has 2 nitrogen and oxygen atoms in total. The van der Waals surface area contributed by atoms with Gasteiger partial charge >= 0.3 is 0 Å². The molecule has 0 radical (unpaired) electrons. The van der Waals surface area contributed by atoms with Crippen molar-refractivity contribution in [3.05, 3.63) is 89.5 Å². The highest BCUT2D eigenvalue weighted by Gasteiger charge is 2.25. The molecule has 0 bridgehead atoms. The number of rotatable bonds is 21. The quantitative estimate of drug-likeness (QED) is 0.0958. The number of unbranched alkanes of at least 4 members (excludes halogenated alkanes) is 12. The topological polar surface area (TPSA) is 8.81 Å². The molecule has 1 unspecified atom stereocenters. The maximum Gasteiger partial charge on any atom is 0.261 e. The summed E-state index contributed by atoms with van der Waals surface area (Å²) in [7, 11) is 0. The van der Waals surface area contributed by atoms with E-state index >= 15 is 0 Å². The first-order valence-electron chi connectivity index (χ1n) is 16.4. The summed E-state index contributed by atoms with van der Waals surface area (Å²) in [5, 5.41) is 0. The second-order valence-electron chi connectivity index (χ2n) is 11.8. The highest BCUT2D eigenvalue weighted by atomic mass is 15.2. The largest absolute Gasteiger partial charge is 0.261 e. The molecular formula is C37H57N2+. The zero-order chi connectivity index (χ0) is 27.5. The molecule has 0 spiro atoms. The number of hydrogen-bond acceptors (Lipinski definition) is 0. The van der Waals surface area contributed by atoms with E-state index in [0.29, 0.717) is 5.92 Å². The Hall–Kier alpha value is -2.35. The van der Waals surface area contributed by atoms with Crippen molar-refractivity contribution in [3.8, 4) is 0 Å². The first-order valence-corrected chi connectivity index (χ1v) is 16.4. The van der Waals surface area contributed by atoms with E-state index in [1.54, 1.807) is 0 Å². The first-order chi connectivity index (χ1) is 19.2. The predicted octanol–water partition coefficient (Wildman–Crippen LogP) is 10.2. The fraction of sp³-hybridized carbons (Fsp3) is 0.595. The van der Waals surface area contributed by atoms with Gasteiger partial charge in [-0.2, -0.15) is 0 Å². The van der Waals surface area contributed by atoms with Crippen LogP contribution in [0.5, 0.6) is 0 Å². The Labute approximate surface area is 240 Å². The molecule has 2 heteroatoms. The lowest BCUT2D eigenvalue weighted by Gasteiger charge is -2.12. The summed E-state index contributed by atoms with van der Waals surface area (Å²) >= 11 is 0. The summed E-state index contributed by atoms with van der Waals surface area (Å²) in [6.07, 6.45) is 23.7. The van der Waals surface area contributed by atoms with Crippen LogP contribution in [0.15, 0.2) is 66.9 Å². The molecule has 3 aromatic rings. The van der Waals surface area contributed by atoms with Crippen LogP contribution in [0.4, 0.5) is 0 Å².